The van der Waals surface area contributed by atoms with Crippen LogP contribution >= 0.6 is 31.9 Å². The fourth-order valence-electron chi connectivity index (χ4n) is 4.74. The number of ketones is 1. The van der Waals surface area contributed by atoms with Crippen molar-refractivity contribution in [1.82, 2.24) is 14.8 Å². The van der Waals surface area contributed by atoms with Gasteiger partial charge in [0.05, 0.1) is 17.6 Å². The Balaban J connectivity index is 1.17. The van der Waals surface area contributed by atoms with Gasteiger partial charge in [0.1, 0.15) is 0 Å². The number of rotatable bonds is 4. The SMILES string of the molecule is Nc1c(Br)cc(C(=O)C2CC2C(=O)N2CCC(N3Cc4ccncc4NC3=O)CC2)cc1Br. The van der Waals surface area contributed by atoms with E-state index in [2.05, 4.69) is 42.2 Å². The molecule has 1 saturated heterocycles. The number of amides is 3. The molecule has 2 aromatic rings. The smallest absolute Gasteiger partial charge is 0.322 e. The lowest BCUT2D eigenvalue weighted by molar-refractivity contribution is -0.134. The third-order valence-corrected chi connectivity index (χ3v) is 8.09. The van der Waals surface area contributed by atoms with Crippen LogP contribution in [0, 0.1) is 11.8 Å². The van der Waals surface area contributed by atoms with E-state index in [4.69, 9.17) is 5.73 Å². The summed E-state index contributed by atoms with van der Waals surface area (Å²) in [4.78, 5) is 46.3. The molecule has 2 unspecified atom stereocenters. The summed E-state index contributed by atoms with van der Waals surface area (Å²) in [5.74, 6) is -0.528. The van der Waals surface area contributed by atoms with Gasteiger partial charge in [-0.3, -0.25) is 14.6 Å². The first kappa shape index (κ1) is 22.3. The molecule has 0 spiro atoms. The standard InChI is InChI=1S/C23H23Br2N5O3/c24-17-7-13(8-18(25)20(17)26)21(31)15-9-16(15)22(32)29-5-2-14(3-6-29)30-11-12-1-4-27-10-19(12)28-23(30)33/h1,4,7-8,10,14-16H,2-3,5-6,9,11,26H2,(H,28,33). The van der Waals surface area contributed by atoms with E-state index in [0.717, 1.165) is 24.1 Å². The molecule has 33 heavy (non-hydrogen) atoms. The molecule has 2 aliphatic heterocycles. The van der Waals surface area contributed by atoms with Crippen molar-refractivity contribution in [2.45, 2.75) is 31.8 Å². The number of piperidine rings is 1. The van der Waals surface area contributed by atoms with Crippen LogP contribution in [0.15, 0.2) is 39.5 Å². The molecular weight excluding hydrogens is 554 g/mol. The molecule has 3 N–H and O–H groups in total. The van der Waals surface area contributed by atoms with Crippen LogP contribution in [0.4, 0.5) is 16.2 Å². The minimum Gasteiger partial charge on any atom is -0.397 e. The zero-order valence-electron chi connectivity index (χ0n) is 17.8. The summed E-state index contributed by atoms with van der Waals surface area (Å²) in [6.07, 6.45) is 5.42. The molecule has 1 aromatic heterocycles. The van der Waals surface area contributed by atoms with Crippen molar-refractivity contribution in [3.05, 3.63) is 50.7 Å². The van der Waals surface area contributed by atoms with Crippen LogP contribution in [0.5, 0.6) is 0 Å². The number of anilines is 2. The van der Waals surface area contributed by atoms with Crippen molar-refractivity contribution < 1.29 is 14.4 Å². The Morgan fingerprint density at radius 3 is 2.52 bits per heavy atom. The number of nitrogens with two attached hydrogens (primary N) is 1. The summed E-state index contributed by atoms with van der Waals surface area (Å²) in [5, 5.41) is 2.91. The molecule has 5 rings (SSSR count). The molecule has 1 aromatic carbocycles. The molecule has 2 atom stereocenters. The number of fused-ring (bicyclic) bond motifs is 1. The number of aromatic nitrogens is 1. The number of urea groups is 1. The minimum atomic E-state index is -0.282. The van der Waals surface area contributed by atoms with Crippen molar-refractivity contribution in [1.29, 1.82) is 0 Å². The Kier molecular flexibility index (Phi) is 5.90. The monoisotopic (exact) mass is 575 g/mol. The number of Topliss-reactive ketones (excluding diaryl/α,β-unsaturated/α-hetero) is 1. The van der Waals surface area contributed by atoms with Gasteiger partial charge in [0.2, 0.25) is 5.91 Å². The lowest BCUT2D eigenvalue weighted by Gasteiger charge is -2.40. The second-order valence-electron chi connectivity index (χ2n) is 8.81. The van der Waals surface area contributed by atoms with E-state index in [1.54, 1.807) is 24.5 Å². The van der Waals surface area contributed by atoms with Crippen molar-refractivity contribution in [2.24, 2.45) is 11.8 Å². The van der Waals surface area contributed by atoms with E-state index in [0.29, 0.717) is 46.3 Å². The Labute approximate surface area is 208 Å². The lowest BCUT2D eigenvalue weighted by Crippen LogP contribution is -2.51. The van der Waals surface area contributed by atoms with Gasteiger partial charge in [0.15, 0.2) is 5.78 Å². The quantitative estimate of drug-likeness (QED) is 0.422. The summed E-state index contributed by atoms with van der Waals surface area (Å²) in [6, 6.07) is 5.31. The van der Waals surface area contributed by atoms with E-state index in [1.165, 1.54) is 0 Å². The molecule has 172 valence electrons. The fourth-order valence-corrected chi connectivity index (χ4v) is 5.93. The fraction of sp³-hybridized carbons (Fsp3) is 0.391. The highest BCUT2D eigenvalue weighted by Gasteiger charge is 2.50. The van der Waals surface area contributed by atoms with Crippen LogP contribution < -0.4 is 11.1 Å². The van der Waals surface area contributed by atoms with E-state index < -0.39 is 0 Å². The number of pyridine rings is 1. The number of nitrogens with zero attached hydrogens (tertiary/aromatic N) is 3. The van der Waals surface area contributed by atoms with E-state index in [9.17, 15) is 14.4 Å². The third-order valence-electron chi connectivity index (χ3n) is 6.78. The maximum absolute atomic E-state index is 13.0. The Hall–Kier alpha value is -2.46. The van der Waals surface area contributed by atoms with Gasteiger partial charge < -0.3 is 20.9 Å². The molecule has 0 bridgehead atoms. The summed E-state index contributed by atoms with van der Waals surface area (Å²) < 4.78 is 1.32. The van der Waals surface area contributed by atoms with Gasteiger partial charge in [-0.15, -0.1) is 0 Å². The molecule has 1 saturated carbocycles. The van der Waals surface area contributed by atoms with Gasteiger partial charge in [-0.25, -0.2) is 4.79 Å². The highest BCUT2D eigenvalue weighted by atomic mass is 79.9. The number of likely N-dealkylation sites (tertiary alicyclic amines) is 1. The van der Waals surface area contributed by atoms with E-state index in [-0.39, 0.29) is 35.6 Å². The predicted molar refractivity (Wildman–Crippen MR) is 131 cm³/mol. The average molecular weight is 577 g/mol. The Bertz CT molecular complexity index is 1130. The third kappa shape index (κ3) is 4.26. The molecule has 3 aliphatic rings. The minimum absolute atomic E-state index is 0.0252. The number of hydrogen-bond acceptors (Lipinski definition) is 5. The molecule has 8 nitrogen and oxygen atoms in total. The van der Waals surface area contributed by atoms with E-state index >= 15 is 0 Å². The maximum Gasteiger partial charge on any atom is 0.322 e. The van der Waals surface area contributed by atoms with Crippen LogP contribution in [0.1, 0.15) is 35.2 Å². The number of benzene rings is 1. The summed E-state index contributed by atoms with van der Waals surface area (Å²) >= 11 is 6.75. The molecule has 1 aliphatic carbocycles. The van der Waals surface area contributed by atoms with Gasteiger partial charge in [-0.1, -0.05) is 0 Å². The van der Waals surface area contributed by atoms with Crippen molar-refractivity contribution in [3.63, 3.8) is 0 Å². The predicted octanol–water partition coefficient (Wildman–Crippen LogP) is 4.05. The number of carbonyl (C=O) groups excluding carboxylic acids is 3. The summed E-state index contributed by atoms with van der Waals surface area (Å²) in [5.41, 5.74) is 8.81. The first-order chi connectivity index (χ1) is 15.8. The molecule has 10 heteroatoms. The second-order valence-corrected chi connectivity index (χ2v) is 10.5. The number of hydrogen-bond donors (Lipinski definition) is 2. The molecule has 0 radical (unpaired) electrons. The topological polar surface area (TPSA) is 109 Å². The van der Waals surface area contributed by atoms with Gasteiger partial charge in [-0.05, 0) is 74.9 Å². The number of halogens is 2. The number of nitrogens with one attached hydrogen (secondary N) is 1. The normalized spacial score (nSPS) is 22.5. The van der Waals surface area contributed by atoms with Gasteiger partial charge in [0.25, 0.3) is 0 Å². The van der Waals surface area contributed by atoms with Crippen molar-refractivity contribution >= 4 is 61.0 Å². The van der Waals surface area contributed by atoms with E-state index in [1.807, 2.05) is 15.9 Å². The summed E-state index contributed by atoms with van der Waals surface area (Å²) in [7, 11) is 0. The number of nitrogen functional groups attached to an aromatic ring is 1. The van der Waals surface area contributed by atoms with Crippen molar-refractivity contribution in [2.75, 3.05) is 24.1 Å². The van der Waals surface area contributed by atoms with Gasteiger partial charge >= 0.3 is 6.03 Å². The van der Waals surface area contributed by atoms with Crippen LogP contribution in [-0.2, 0) is 11.3 Å². The van der Waals surface area contributed by atoms with Crippen molar-refractivity contribution in [3.8, 4) is 0 Å². The largest absolute Gasteiger partial charge is 0.397 e. The molecule has 3 amide bonds. The zero-order chi connectivity index (χ0) is 23.3. The Morgan fingerprint density at radius 2 is 1.82 bits per heavy atom. The van der Waals surface area contributed by atoms with Crippen LogP contribution in [-0.4, -0.2) is 51.6 Å². The average Bonchev–Trinajstić information content (AvgIpc) is 3.62. The summed E-state index contributed by atoms with van der Waals surface area (Å²) in [6.45, 7) is 1.73. The van der Waals surface area contributed by atoms with Crippen LogP contribution in [0.25, 0.3) is 0 Å². The first-order valence-corrected chi connectivity index (χ1v) is 12.5. The second kappa shape index (κ2) is 8.72. The lowest BCUT2D eigenvalue weighted by atomic mass is 10.0. The van der Waals surface area contributed by atoms with Gasteiger partial charge in [-0.2, -0.15) is 0 Å². The molecule has 2 fully saturated rings. The number of carbonyl (C=O) groups is 3. The molecular formula is C23H23Br2N5O3. The zero-order valence-corrected chi connectivity index (χ0v) is 20.9. The highest BCUT2D eigenvalue weighted by molar-refractivity contribution is 9.11. The van der Waals surface area contributed by atoms with Crippen LogP contribution in [0.3, 0.4) is 0 Å². The van der Waals surface area contributed by atoms with Gasteiger partial charge in [0, 0.05) is 58.2 Å². The maximum atomic E-state index is 13.0. The Morgan fingerprint density at radius 1 is 1.12 bits per heavy atom. The highest BCUT2D eigenvalue weighted by Crippen LogP contribution is 2.44. The first-order valence-electron chi connectivity index (χ1n) is 10.9. The van der Waals surface area contributed by atoms with Crippen LogP contribution in [0.2, 0.25) is 0 Å². The molecule has 3 heterocycles.